The first-order chi connectivity index (χ1) is 6.45. The van der Waals surface area contributed by atoms with Gasteiger partial charge in [-0.3, -0.25) is 4.79 Å². The van der Waals surface area contributed by atoms with Crippen LogP contribution in [-0.2, 0) is 4.79 Å². The first-order valence-electron chi connectivity index (χ1n) is 3.85. The summed E-state index contributed by atoms with van der Waals surface area (Å²) < 4.78 is 25.6. The highest BCUT2D eigenvalue weighted by Gasteiger charge is 2.33. The molecule has 1 aliphatic heterocycles. The van der Waals surface area contributed by atoms with Crippen LogP contribution in [-0.4, -0.2) is 17.9 Å². The third-order valence-electron chi connectivity index (χ3n) is 1.76. The molecule has 0 aromatic carbocycles. The molecule has 4 nitrogen and oxygen atoms in total. The fraction of sp³-hybridized carbons (Fsp3) is 0.375. The number of nitrogens with one attached hydrogen (secondary N) is 1. The standard InChI is InChI=1S/C8H8F2N2O2/c1-8(9,10)6-4-5(2-3-11-6)7(13)12-14/h2-4,6,11H,1H3. The van der Waals surface area contributed by atoms with Gasteiger partial charge in [0.05, 0.1) is 0 Å². The second kappa shape index (κ2) is 3.65. The highest BCUT2D eigenvalue weighted by atomic mass is 19.3. The molecule has 1 unspecified atom stereocenters. The number of rotatable bonds is 2. The number of nitroso groups, excluding NO2 is 1. The molecule has 1 atom stereocenters. The number of nitrogens with zero attached hydrogens (tertiary/aromatic N) is 1. The molecule has 1 heterocycles. The van der Waals surface area contributed by atoms with E-state index in [0.29, 0.717) is 0 Å². The van der Waals surface area contributed by atoms with E-state index in [2.05, 4.69) is 10.5 Å². The van der Waals surface area contributed by atoms with Crippen LogP contribution in [0.25, 0.3) is 0 Å². The Morgan fingerprint density at radius 1 is 1.64 bits per heavy atom. The smallest absolute Gasteiger partial charge is 0.316 e. The Labute approximate surface area is 78.6 Å². The molecule has 0 saturated heterocycles. The summed E-state index contributed by atoms with van der Waals surface area (Å²) >= 11 is 0. The summed E-state index contributed by atoms with van der Waals surface area (Å²) in [5.74, 6) is -4.05. The van der Waals surface area contributed by atoms with Gasteiger partial charge in [-0.2, -0.15) is 0 Å². The van der Waals surface area contributed by atoms with Crippen LogP contribution in [0.5, 0.6) is 0 Å². The fourth-order valence-corrected chi connectivity index (χ4v) is 1.01. The Balaban J connectivity index is 2.89. The Hall–Kier alpha value is -1.59. The molecular formula is C8H8F2N2O2. The van der Waals surface area contributed by atoms with Crippen LogP contribution in [0.15, 0.2) is 29.1 Å². The van der Waals surface area contributed by atoms with E-state index < -0.39 is 17.9 Å². The molecule has 0 radical (unpaired) electrons. The van der Waals surface area contributed by atoms with Gasteiger partial charge in [0.1, 0.15) is 6.04 Å². The van der Waals surface area contributed by atoms with E-state index in [0.717, 1.165) is 13.0 Å². The van der Waals surface area contributed by atoms with Crippen LogP contribution >= 0.6 is 0 Å². The number of alkyl halides is 2. The highest BCUT2D eigenvalue weighted by Crippen LogP contribution is 2.22. The molecule has 6 heteroatoms. The molecule has 0 fully saturated rings. The van der Waals surface area contributed by atoms with Crippen molar-refractivity contribution in [3.63, 3.8) is 0 Å². The first-order valence-corrected chi connectivity index (χ1v) is 3.85. The van der Waals surface area contributed by atoms with Crippen LogP contribution in [0, 0.1) is 4.91 Å². The largest absolute Gasteiger partial charge is 0.379 e. The van der Waals surface area contributed by atoms with Gasteiger partial charge >= 0.3 is 5.91 Å². The molecule has 0 aliphatic carbocycles. The Bertz CT molecular complexity index is 318. The van der Waals surface area contributed by atoms with Crippen molar-refractivity contribution in [1.29, 1.82) is 0 Å². The number of dihydropyridines is 1. The van der Waals surface area contributed by atoms with Crippen molar-refractivity contribution in [3.05, 3.63) is 28.8 Å². The summed E-state index contributed by atoms with van der Waals surface area (Å²) in [4.78, 5) is 20.6. The van der Waals surface area contributed by atoms with Gasteiger partial charge in [0.2, 0.25) is 0 Å². The zero-order valence-corrected chi connectivity index (χ0v) is 7.33. The van der Waals surface area contributed by atoms with Crippen LogP contribution in [0.2, 0.25) is 0 Å². The molecule has 1 amide bonds. The summed E-state index contributed by atoms with van der Waals surface area (Å²) in [6.07, 6.45) is 3.41. The van der Waals surface area contributed by atoms with Crippen LogP contribution in [0.3, 0.4) is 0 Å². The molecule has 0 aromatic rings. The van der Waals surface area contributed by atoms with Crippen molar-refractivity contribution in [1.82, 2.24) is 5.32 Å². The lowest BCUT2D eigenvalue weighted by Crippen LogP contribution is -2.40. The van der Waals surface area contributed by atoms with Gasteiger partial charge in [0, 0.05) is 17.7 Å². The minimum Gasteiger partial charge on any atom is -0.379 e. The van der Waals surface area contributed by atoms with Crippen LogP contribution < -0.4 is 5.32 Å². The number of carbonyl (C=O) groups is 1. The van der Waals surface area contributed by atoms with E-state index >= 15 is 0 Å². The maximum Gasteiger partial charge on any atom is 0.316 e. The maximum atomic E-state index is 12.8. The highest BCUT2D eigenvalue weighted by molar-refractivity contribution is 5.97. The predicted octanol–water partition coefficient (Wildman–Crippen LogP) is 1.35. The molecule has 14 heavy (non-hydrogen) atoms. The Morgan fingerprint density at radius 2 is 2.29 bits per heavy atom. The van der Waals surface area contributed by atoms with Crippen molar-refractivity contribution in [2.45, 2.75) is 18.9 Å². The predicted molar refractivity (Wildman–Crippen MR) is 45.6 cm³/mol. The summed E-state index contributed by atoms with van der Waals surface area (Å²) in [5, 5.41) is 4.51. The second-order valence-electron chi connectivity index (χ2n) is 2.95. The zero-order chi connectivity index (χ0) is 10.8. The van der Waals surface area contributed by atoms with Gasteiger partial charge in [-0.05, 0) is 18.4 Å². The van der Waals surface area contributed by atoms with E-state index in [9.17, 15) is 18.5 Å². The van der Waals surface area contributed by atoms with Gasteiger partial charge in [-0.15, -0.1) is 4.91 Å². The molecule has 1 aliphatic rings. The van der Waals surface area contributed by atoms with E-state index in [1.54, 1.807) is 0 Å². The lowest BCUT2D eigenvalue weighted by molar-refractivity contribution is -0.114. The van der Waals surface area contributed by atoms with E-state index in [4.69, 9.17) is 0 Å². The summed E-state index contributed by atoms with van der Waals surface area (Å²) in [7, 11) is 0. The van der Waals surface area contributed by atoms with Gasteiger partial charge in [0.15, 0.2) is 0 Å². The number of carbonyl (C=O) groups excluding carboxylic acids is 1. The average Bonchev–Trinajstić information content (AvgIpc) is 2.15. The van der Waals surface area contributed by atoms with Crippen molar-refractivity contribution in [2.75, 3.05) is 0 Å². The maximum absolute atomic E-state index is 12.8. The van der Waals surface area contributed by atoms with Crippen LogP contribution in [0.1, 0.15) is 6.92 Å². The molecule has 0 saturated carbocycles. The summed E-state index contributed by atoms with van der Waals surface area (Å²) in [5.41, 5.74) is -0.120. The van der Waals surface area contributed by atoms with E-state index in [1.807, 2.05) is 0 Å². The van der Waals surface area contributed by atoms with Crippen molar-refractivity contribution in [3.8, 4) is 0 Å². The van der Waals surface area contributed by atoms with E-state index in [1.165, 1.54) is 12.3 Å². The van der Waals surface area contributed by atoms with Gasteiger partial charge in [0.25, 0.3) is 5.92 Å². The molecule has 76 valence electrons. The molecule has 1 N–H and O–H groups in total. The number of amides is 1. The lowest BCUT2D eigenvalue weighted by Gasteiger charge is -2.23. The first kappa shape index (κ1) is 10.5. The fourth-order valence-electron chi connectivity index (χ4n) is 1.01. The normalized spacial score (nSPS) is 21.1. The minimum atomic E-state index is -3.00. The summed E-state index contributed by atoms with van der Waals surface area (Å²) in [6, 6.07) is -1.28. The van der Waals surface area contributed by atoms with Crippen LogP contribution in [0.4, 0.5) is 8.78 Å². The zero-order valence-electron chi connectivity index (χ0n) is 7.33. The number of halogens is 2. The van der Waals surface area contributed by atoms with E-state index in [-0.39, 0.29) is 5.57 Å². The SMILES string of the molecule is CC(F)(F)C1C=C(C(=O)N=O)C=CN1. The second-order valence-corrected chi connectivity index (χ2v) is 2.95. The third-order valence-corrected chi connectivity index (χ3v) is 1.76. The van der Waals surface area contributed by atoms with Gasteiger partial charge < -0.3 is 5.32 Å². The lowest BCUT2D eigenvalue weighted by atomic mass is 10.0. The topological polar surface area (TPSA) is 58.5 Å². The Kier molecular flexibility index (Phi) is 2.73. The number of hydrogen-bond acceptors (Lipinski definition) is 3. The number of hydrogen-bond donors (Lipinski definition) is 1. The Morgan fingerprint density at radius 3 is 2.79 bits per heavy atom. The van der Waals surface area contributed by atoms with Crippen molar-refractivity contribution >= 4 is 5.91 Å². The monoisotopic (exact) mass is 202 g/mol. The molecule has 0 aromatic heterocycles. The molecular weight excluding hydrogens is 194 g/mol. The van der Waals surface area contributed by atoms with Gasteiger partial charge in [-0.25, -0.2) is 8.78 Å². The third kappa shape index (κ3) is 2.21. The van der Waals surface area contributed by atoms with Gasteiger partial charge in [-0.1, -0.05) is 0 Å². The van der Waals surface area contributed by atoms with Crippen molar-refractivity contribution in [2.24, 2.45) is 5.18 Å². The van der Waals surface area contributed by atoms with Crippen molar-refractivity contribution < 1.29 is 13.6 Å². The summed E-state index contributed by atoms with van der Waals surface area (Å²) in [6.45, 7) is 0.719. The molecule has 0 bridgehead atoms. The average molecular weight is 202 g/mol. The molecule has 1 rings (SSSR count). The quantitative estimate of drug-likeness (QED) is 0.687. The minimum absolute atomic E-state index is 0.120. The molecule has 0 spiro atoms.